The molecule has 0 spiro atoms. The molecule has 0 aliphatic carbocycles. The van der Waals surface area contributed by atoms with Gasteiger partial charge >= 0.3 is 5.97 Å². The number of aryl methyl sites for hydroxylation is 1. The van der Waals surface area contributed by atoms with E-state index in [2.05, 4.69) is 9.97 Å². The predicted molar refractivity (Wildman–Crippen MR) is 113 cm³/mol. The van der Waals surface area contributed by atoms with Crippen molar-refractivity contribution in [3.63, 3.8) is 0 Å². The number of aromatic carboxylic acids is 1. The minimum absolute atomic E-state index is 0.289. The number of benzene rings is 2. The zero-order valence-electron chi connectivity index (χ0n) is 16.6. The quantitative estimate of drug-likeness (QED) is 0.438. The van der Waals surface area contributed by atoms with Crippen molar-refractivity contribution in [2.24, 2.45) is 0 Å². The molecule has 6 heteroatoms. The van der Waals surface area contributed by atoms with Crippen LogP contribution in [-0.2, 0) is 12.8 Å². The maximum absolute atomic E-state index is 11.3. The van der Waals surface area contributed by atoms with Gasteiger partial charge in [0.05, 0.1) is 17.9 Å². The lowest BCUT2D eigenvalue weighted by molar-refractivity contribution is 0.0696. The van der Waals surface area contributed by atoms with Crippen LogP contribution in [0.25, 0.3) is 11.5 Å². The Hall–Kier alpha value is -3.80. The first-order chi connectivity index (χ1) is 14.6. The van der Waals surface area contributed by atoms with Gasteiger partial charge in [0.25, 0.3) is 0 Å². The van der Waals surface area contributed by atoms with Crippen LogP contribution < -0.4 is 4.74 Å². The van der Waals surface area contributed by atoms with E-state index in [1.54, 1.807) is 6.20 Å². The predicted octanol–water partition coefficient (Wildman–Crippen LogP) is 4.89. The SMILES string of the molecule is Cc1oc(-c2ccccc2)nc1CCOc1cccc(Cc2c[nH]cc2C(=O)O)c1. The van der Waals surface area contributed by atoms with Crippen LogP contribution in [0.15, 0.2) is 71.4 Å². The number of hydrogen-bond donors (Lipinski definition) is 2. The zero-order chi connectivity index (χ0) is 20.9. The molecule has 30 heavy (non-hydrogen) atoms. The Morgan fingerprint density at radius 1 is 1.13 bits per heavy atom. The number of hydrogen-bond acceptors (Lipinski definition) is 4. The van der Waals surface area contributed by atoms with Crippen LogP contribution in [-0.4, -0.2) is 27.7 Å². The summed E-state index contributed by atoms with van der Waals surface area (Å²) in [7, 11) is 0. The third-order valence-electron chi connectivity index (χ3n) is 4.88. The van der Waals surface area contributed by atoms with Crippen LogP contribution in [0, 0.1) is 6.92 Å². The number of carboxylic acid groups (broad SMARTS) is 1. The third kappa shape index (κ3) is 4.43. The molecule has 2 aromatic heterocycles. The number of aromatic amines is 1. The van der Waals surface area contributed by atoms with Gasteiger partial charge in [-0.25, -0.2) is 9.78 Å². The van der Waals surface area contributed by atoms with Crippen LogP contribution in [0.2, 0.25) is 0 Å². The Balaban J connectivity index is 1.38. The van der Waals surface area contributed by atoms with Crippen molar-refractivity contribution < 1.29 is 19.1 Å². The normalized spacial score (nSPS) is 10.8. The average molecular weight is 402 g/mol. The van der Waals surface area contributed by atoms with Crippen LogP contribution in [0.1, 0.15) is 32.9 Å². The minimum Gasteiger partial charge on any atom is -0.493 e. The molecule has 2 heterocycles. The molecule has 0 amide bonds. The number of nitrogens with one attached hydrogen (secondary N) is 1. The molecule has 0 radical (unpaired) electrons. The highest BCUT2D eigenvalue weighted by Crippen LogP contribution is 2.22. The highest BCUT2D eigenvalue weighted by molar-refractivity contribution is 5.89. The molecule has 0 saturated carbocycles. The number of H-pyrrole nitrogens is 1. The number of ether oxygens (including phenoxy) is 1. The molecule has 4 aromatic rings. The summed E-state index contributed by atoms with van der Waals surface area (Å²) in [5, 5.41) is 9.25. The van der Waals surface area contributed by atoms with E-state index < -0.39 is 5.97 Å². The fourth-order valence-corrected chi connectivity index (χ4v) is 3.34. The topological polar surface area (TPSA) is 88.4 Å². The van der Waals surface area contributed by atoms with Gasteiger partial charge in [0.1, 0.15) is 11.5 Å². The fourth-order valence-electron chi connectivity index (χ4n) is 3.34. The average Bonchev–Trinajstić information content (AvgIpc) is 3.36. The van der Waals surface area contributed by atoms with Crippen LogP contribution >= 0.6 is 0 Å². The van der Waals surface area contributed by atoms with E-state index in [-0.39, 0.29) is 5.56 Å². The molecular weight excluding hydrogens is 380 g/mol. The van der Waals surface area contributed by atoms with Crippen molar-refractivity contribution >= 4 is 5.97 Å². The summed E-state index contributed by atoms with van der Waals surface area (Å²) in [5.41, 5.74) is 3.84. The summed E-state index contributed by atoms with van der Waals surface area (Å²) >= 11 is 0. The molecule has 0 atom stereocenters. The molecule has 0 fully saturated rings. The molecule has 6 nitrogen and oxygen atoms in total. The maximum atomic E-state index is 11.3. The molecule has 0 unspecified atom stereocenters. The number of nitrogens with zero attached hydrogens (tertiary/aromatic N) is 1. The van der Waals surface area contributed by atoms with Crippen molar-refractivity contribution in [1.29, 1.82) is 0 Å². The van der Waals surface area contributed by atoms with E-state index in [0.717, 1.165) is 33.9 Å². The molecule has 0 aliphatic heterocycles. The third-order valence-corrected chi connectivity index (χ3v) is 4.88. The first-order valence-electron chi connectivity index (χ1n) is 9.72. The lowest BCUT2D eigenvalue weighted by atomic mass is 10.0. The molecule has 0 bridgehead atoms. The molecular formula is C24H22N2O4. The van der Waals surface area contributed by atoms with Gasteiger partial charge in [-0.2, -0.15) is 0 Å². The van der Waals surface area contributed by atoms with Crippen molar-refractivity contribution in [1.82, 2.24) is 9.97 Å². The van der Waals surface area contributed by atoms with Gasteiger partial charge in [0, 0.05) is 24.4 Å². The molecule has 4 rings (SSSR count). The van der Waals surface area contributed by atoms with Gasteiger partial charge in [0.2, 0.25) is 5.89 Å². The van der Waals surface area contributed by atoms with Gasteiger partial charge < -0.3 is 19.2 Å². The standard InChI is InChI=1S/C24H22N2O4/c1-16-22(26-23(30-16)18-7-3-2-4-8-18)10-11-29-20-9-5-6-17(13-20)12-19-14-25-15-21(19)24(27)28/h2-9,13-15,25H,10-12H2,1H3,(H,27,28). The monoisotopic (exact) mass is 402 g/mol. The Morgan fingerprint density at radius 3 is 2.77 bits per heavy atom. The Kier molecular flexibility index (Phi) is 5.66. The van der Waals surface area contributed by atoms with Gasteiger partial charge in [-0.3, -0.25) is 0 Å². The molecule has 0 saturated heterocycles. The molecule has 152 valence electrons. The molecule has 0 aliphatic rings. The van der Waals surface area contributed by atoms with Crippen LogP contribution in [0.3, 0.4) is 0 Å². The zero-order valence-corrected chi connectivity index (χ0v) is 16.6. The Bertz CT molecular complexity index is 1140. The lowest BCUT2D eigenvalue weighted by Crippen LogP contribution is -2.03. The second-order valence-corrected chi connectivity index (χ2v) is 7.01. The van der Waals surface area contributed by atoms with Gasteiger partial charge in [0.15, 0.2) is 0 Å². The van der Waals surface area contributed by atoms with E-state index in [1.807, 2.05) is 61.5 Å². The van der Waals surface area contributed by atoms with Crippen LogP contribution in [0.4, 0.5) is 0 Å². The van der Waals surface area contributed by atoms with E-state index >= 15 is 0 Å². The molecule has 2 N–H and O–H groups in total. The number of oxazole rings is 1. The van der Waals surface area contributed by atoms with E-state index in [9.17, 15) is 9.90 Å². The van der Waals surface area contributed by atoms with Crippen molar-refractivity contribution in [2.75, 3.05) is 6.61 Å². The minimum atomic E-state index is -0.934. The summed E-state index contributed by atoms with van der Waals surface area (Å²) in [4.78, 5) is 18.7. The number of rotatable bonds is 8. The second kappa shape index (κ2) is 8.69. The van der Waals surface area contributed by atoms with E-state index in [0.29, 0.717) is 25.3 Å². The number of carboxylic acids is 1. The fraction of sp³-hybridized carbons (Fsp3) is 0.167. The van der Waals surface area contributed by atoms with E-state index in [1.165, 1.54) is 6.20 Å². The smallest absolute Gasteiger partial charge is 0.337 e. The summed E-state index contributed by atoms with van der Waals surface area (Å²) in [5.74, 6) is 1.21. The van der Waals surface area contributed by atoms with Crippen molar-refractivity contribution in [3.05, 3.63) is 95.1 Å². The van der Waals surface area contributed by atoms with Crippen LogP contribution in [0.5, 0.6) is 5.75 Å². The highest BCUT2D eigenvalue weighted by Gasteiger charge is 2.13. The van der Waals surface area contributed by atoms with Crippen molar-refractivity contribution in [3.8, 4) is 17.2 Å². The lowest BCUT2D eigenvalue weighted by Gasteiger charge is -2.08. The maximum Gasteiger partial charge on any atom is 0.337 e. The first kappa shape index (κ1) is 19.5. The summed E-state index contributed by atoms with van der Waals surface area (Å²) in [6.07, 6.45) is 4.37. The van der Waals surface area contributed by atoms with Crippen molar-refractivity contribution in [2.45, 2.75) is 19.8 Å². The summed E-state index contributed by atoms with van der Waals surface area (Å²) < 4.78 is 11.7. The van der Waals surface area contributed by atoms with Gasteiger partial charge in [-0.05, 0) is 48.7 Å². The number of carbonyl (C=O) groups is 1. The Morgan fingerprint density at radius 2 is 1.97 bits per heavy atom. The second-order valence-electron chi connectivity index (χ2n) is 7.01. The first-order valence-corrected chi connectivity index (χ1v) is 9.72. The van der Waals surface area contributed by atoms with E-state index in [4.69, 9.17) is 9.15 Å². The largest absolute Gasteiger partial charge is 0.493 e. The highest BCUT2D eigenvalue weighted by atomic mass is 16.5. The van der Waals surface area contributed by atoms with Gasteiger partial charge in [-0.1, -0.05) is 30.3 Å². The molecule has 2 aromatic carbocycles. The summed E-state index contributed by atoms with van der Waals surface area (Å²) in [6, 6.07) is 17.5. The van der Waals surface area contributed by atoms with Gasteiger partial charge in [-0.15, -0.1) is 0 Å². The number of aromatic nitrogens is 2. The Labute approximate surface area is 174 Å². The summed E-state index contributed by atoms with van der Waals surface area (Å²) in [6.45, 7) is 2.38.